The third-order valence-corrected chi connectivity index (χ3v) is 0.360. The summed E-state index contributed by atoms with van der Waals surface area (Å²) < 4.78 is 10.9. The van der Waals surface area contributed by atoms with Crippen molar-refractivity contribution in [1.29, 1.82) is 0 Å². The maximum Gasteiger partial charge on any atom is 1.00 e. The van der Waals surface area contributed by atoms with Crippen molar-refractivity contribution in [2.75, 3.05) is 6.67 Å². The van der Waals surface area contributed by atoms with E-state index in [2.05, 4.69) is 0 Å². The topological polar surface area (TPSA) is 85.9 Å². The first-order chi connectivity index (χ1) is 3.18. The van der Waals surface area contributed by atoms with E-state index in [0.717, 1.165) is 0 Å². The van der Waals surface area contributed by atoms with Crippen LogP contribution in [0.2, 0.25) is 0 Å². The third-order valence-electron chi connectivity index (χ3n) is 0.360. The second-order valence-corrected chi connectivity index (χ2v) is 0.862. The summed E-state index contributed by atoms with van der Waals surface area (Å²) in [4.78, 5) is 18.9. The minimum Gasteiger partial charge on any atom is -1.00 e. The van der Waals surface area contributed by atoms with Crippen LogP contribution in [0.3, 0.4) is 0 Å². The summed E-state index contributed by atoms with van der Waals surface area (Å²) in [6, 6.07) is 0. The summed E-state index contributed by atoms with van der Waals surface area (Å²) in [5, 5.41) is 7.59. The van der Waals surface area contributed by atoms with Crippen LogP contribution in [0.1, 0.15) is 1.43 Å². The molecule has 6 heteroatoms. The Labute approximate surface area is 64.0 Å². The van der Waals surface area contributed by atoms with E-state index in [9.17, 15) is 14.0 Å². The Balaban J connectivity index is -0.0000000600. The number of carboxylic acid groups (broad SMARTS) is 1. The van der Waals surface area contributed by atoms with Crippen molar-refractivity contribution in [3.05, 3.63) is 0 Å². The van der Waals surface area contributed by atoms with Gasteiger partial charge in [-0.25, -0.2) is 9.18 Å². The van der Waals surface area contributed by atoms with Crippen LogP contribution in [-0.2, 0) is 9.59 Å². The van der Waals surface area contributed by atoms with E-state index in [0.29, 0.717) is 0 Å². The molecule has 0 radical (unpaired) electrons. The largest absolute Gasteiger partial charge is 1.00 e. The molecule has 0 aromatic heterocycles. The number of ketones is 1. The third kappa shape index (κ3) is 7.63. The van der Waals surface area contributed by atoms with E-state index in [4.69, 9.17) is 5.11 Å². The van der Waals surface area contributed by atoms with Gasteiger partial charge in [0.1, 0.15) is 0 Å². The van der Waals surface area contributed by atoms with Crippen LogP contribution in [0.15, 0.2) is 0 Å². The molecule has 0 heterocycles. The molecule has 0 aliphatic rings. The zero-order valence-corrected chi connectivity index (χ0v) is 4.85. The van der Waals surface area contributed by atoms with Crippen LogP contribution >= 0.6 is 0 Å². The first-order valence-corrected chi connectivity index (χ1v) is 1.50. The quantitative estimate of drug-likeness (QED) is 0.306. The van der Waals surface area contributed by atoms with Crippen molar-refractivity contribution in [3.8, 4) is 0 Å². The number of carbonyl (C=O) groups is 2. The van der Waals surface area contributed by atoms with Gasteiger partial charge in [-0.1, -0.05) is 0 Å². The van der Waals surface area contributed by atoms with Crippen LogP contribution in [0, 0.1) is 0 Å². The molecule has 0 amide bonds. The molecule has 0 saturated heterocycles. The molecule has 50 valence electrons. The van der Waals surface area contributed by atoms with E-state index in [1.165, 1.54) is 0 Å². The van der Waals surface area contributed by atoms with Gasteiger partial charge in [0.25, 0.3) is 5.78 Å². The van der Waals surface area contributed by atoms with Gasteiger partial charge in [0.05, 0.1) is 0 Å². The predicted octanol–water partition coefficient (Wildman–Crippen LogP) is -4.10. The molecule has 0 aromatic rings. The van der Waals surface area contributed by atoms with Gasteiger partial charge >= 0.3 is 24.8 Å². The first kappa shape index (κ1) is 15.8. The molecule has 0 spiro atoms. The summed E-state index contributed by atoms with van der Waals surface area (Å²) >= 11 is 0. The van der Waals surface area contributed by atoms with Gasteiger partial charge in [-0.15, -0.1) is 0 Å². The van der Waals surface area contributed by atoms with Crippen molar-refractivity contribution < 1.29 is 44.8 Å². The minimum absolute atomic E-state index is 0. The molecule has 0 aliphatic heterocycles. The molecule has 0 fully saturated rings. The zero-order valence-electron chi connectivity index (χ0n) is 5.85. The number of hydrogen-bond donors (Lipinski definition) is 1. The van der Waals surface area contributed by atoms with E-state index < -0.39 is 18.4 Å². The zero-order chi connectivity index (χ0) is 5.86. The average Bonchev–Trinajstić information content (AvgIpc) is 1.65. The second-order valence-electron chi connectivity index (χ2n) is 0.862. The molecule has 0 rings (SSSR count). The average molecular weight is 132 g/mol. The van der Waals surface area contributed by atoms with Crippen molar-refractivity contribution >= 4 is 11.8 Å². The summed E-state index contributed by atoms with van der Waals surface area (Å²) in [6.07, 6.45) is 0. The Morgan fingerprint density at radius 3 is 1.89 bits per heavy atom. The second kappa shape index (κ2) is 7.63. The fourth-order valence-electron chi connectivity index (χ4n) is 0.0572. The fourth-order valence-corrected chi connectivity index (χ4v) is 0.0572. The number of rotatable bonds is 2. The van der Waals surface area contributed by atoms with Gasteiger partial charge in [-0.2, -0.15) is 0 Å². The summed E-state index contributed by atoms with van der Waals surface area (Å²) in [5.41, 5.74) is 0. The van der Waals surface area contributed by atoms with E-state index in [-0.39, 0.29) is 25.8 Å². The van der Waals surface area contributed by atoms with E-state index >= 15 is 0 Å². The number of carbonyl (C=O) groups excluding carboxylic acids is 1. The van der Waals surface area contributed by atoms with Gasteiger partial charge in [-0.3, -0.25) is 4.79 Å². The van der Waals surface area contributed by atoms with Gasteiger partial charge in [-0.05, 0) is 0 Å². The standard InChI is InChI=1S/C3H3FO3.Li.H2O.H/c4-1-2(5)3(6)7;;;/h1H2,(H,6,7);;1H2;/q;+1;;-1. The molecule has 0 atom stereocenters. The maximum absolute atomic E-state index is 10.9. The minimum atomic E-state index is -1.72. The maximum atomic E-state index is 10.9. The SMILES string of the molecule is O.O=C(O)C(=O)CF.[H-].[Li+]. The van der Waals surface area contributed by atoms with Crippen molar-refractivity contribution in [2.45, 2.75) is 0 Å². The monoisotopic (exact) mass is 132 g/mol. The number of halogens is 1. The van der Waals surface area contributed by atoms with Crippen LogP contribution in [0.4, 0.5) is 4.39 Å². The normalized spacial score (nSPS) is 6.33. The molecular weight excluding hydrogens is 126 g/mol. The Morgan fingerprint density at radius 1 is 1.56 bits per heavy atom. The van der Waals surface area contributed by atoms with Gasteiger partial charge in [0.2, 0.25) is 0 Å². The van der Waals surface area contributed by atoms with Gasteiger partial charge < -0.3 is 12.0 Å². The number of Topliss-reactive ketones (excluding diaryl/α,β-unsaturated/α-hetero) is 1. The van der Waals surface area contributed by atoms with Crippen LogP contribution in [0.25, 0.3) is 0 Å². The number of carboxylic acids is 1. The summed E-state index contributed by atoms with van der Waals surface area (Å²) in [5.74, 6) is -3.12. The molecule has 3 N–H and O–H groups in total. The Hall–Kier alpha value is -0.373. The fraction of sp³-hybridized carbons (Fsp3) is 0.333. The Morgan fingerprint density at radius 2 is 1.89 bits per heavy atom. The van der Waals surface area contributed by atoms with Crippen LogP contribution in [0.5, 0.6) is 0 Å². The van der Waals surface area contributed by atoms with Crippen LogP contribution < -0.4 is 18.9 Å². The number of aliphatic carboxylic acids is 1. The predicted molar refractivity (Wildman–Crippen MR) is 23.3 cm³/mol. The van der Waals surface area contributed by atoms with E-state index in [1.54, 1.807) is 0 Å². The van der Waals surface area contributed by atoms with Crippen LogP contribution in [-0.4, -0.2) is 29.0 Å². The molecule has 4 nitrogen and oxygen atoms in total. The molecule has 0 aromatic carbocycles. The van der Waals surface area contributed by atoms with Crippen molar-refractivity contribution in [1.82, 2.24) is 0 Å². The Bertz CT molecular complexity index is 109. The first-order valence-electron chi connectivity index (χ1n) is 1.50. The number of hydrogen-bond acceptors (Lipinski definition) is 2. The Kier molecular flexibility index (Phi) is 13.4. The van der Waals surface area contributed by atoms with Crippen molar-refractivity contribution in [3.63, 3.8) is 0 Å². The molecule has 0 bridgehead atoms. The molecule has 0 saturated carbocycles. The van der Waals surface area contributed by atoms with Gasteiger partial charge in [0.15, 0.2) is 6.67 Å². The smallest absolute Gasteiger partial charge is 1.00 e. The van der Waals surface area contributed by atoms with E-state index in [1.807, 2.05) is 0 Å². The van der Waals surface area contributed by atoms with Crippen molar-refractivity contribution in [2.24, 2.45) is 0 Å². The summed E-state index contributed by atoms with van der Waals surface area (Å²) in [6.45, 7) is -1.42. The number of alkyl halides is 1. The molecular formula is C3H6FLiO4. The van der Waals surface area contributed by atoms with Gasteiger partial charge in [0, 0.05) is 0 Å². The summed E-state index contributed by atoms with van der Waals surface area (Å²) in [7, 11) is 0. The molecule has 0 aliphatic carbocycles. The molecule has 0 unspecified atom stereocenters. The molecule has 9 heavy (non-hydrogen) atoms.